The van der Waals surface area contributed by atoms with Gasteiger partial charge < -0.3 is 16.2 Å². The summed E-state index contributed by atoms with van der Waals surface area (Å²) in [5.41, 5.74) is 13.0. The topological polar surface area (TPSA) is 90.7 Å². The number of aliphatic imine (C=N–C) groups is 1. The first kappa shape index (κ1) is 19.4. The van der Waals surface area contributed by atoms with Crippen LogP contribution >= 0.6 is 15.9 Å². The average Bonchev–Trinajstić information content (AvgIpc) is 2.68. The third-order valence-electron chi connectivity index (χ3n) is 4.96. The maximum Gasteiger partial charge on any atom is 0.314 e. The first-order valence-corrected chi connectivity index (χ1v) is 9.93. The van der Waals surface area contributed by atoms with Gasteiger partial charge in [0.2, 0.25) is 0 Å². The predicted octanol–water partition coefficient (Wildman–Crippen LogP) is 4.10. The van der Waals surface area contributed by atoms with Gasteiger partial charge in [0.15, 0.2) is 5.96 Å². The Labute approximate surface area is 167 Å². The minimum Gasteiger partial charge on any atom is -0.426 e. The lowest BCUT2D eigenvalue weighted by Gasteiger charge is -2.26. The number of benzene rings is 2. The number of esters is 1. The highest BCUT2D eigenvalue weighted by Gasteiger charge is 2.27. The highest BCUT2D eigenvalue weighted by atomic mass is 79.9. The Morgan fingerprint density at radius 2 is 1.52 bits per heavy atom. The number of carbonyl (C=O) groups is 1. The second-order valence-corrected chi connectivity index (χ2v) is 7.85. The van der Waals surface area contributed by atoms with Crippen molar-refractivity contribution in [3.05, 3.63) is 53.0 Å². The maximum absolute atomic E-state index is 12.4. The summed E-state index contributed by atoms with van der Waals surface area (Å²) in [6.45, 7) is 0.640. The Kier molecular flexibility index (Phi) is 6.50. The fourth-order valence-corrected chi connectivity index (χ4v) is 3.64. The Bertz CT molecular complexity index is 791. The predicted molar refractivity (Wildman–Crippen MR) is 111 cm³/mol. The summed E-state index contributed by atoms with van der Waals surface area (Å²) in [5, 5.41) is 0. The van der Waals surface area contributed by atoms with Crippen LogP contribution in [0.2, 0.25) is 0 Å². The first-order chi connectivity index (χ1) is 13.0. The van der Waals surface area contributed by atoms with E-state index >= 15 is 0 Å². The normalized spacial score (nSPS) is 19.3. The van der Waals surface area contributed by atoms with Crippen molar-refractivity contribution in [2.75, 3.05) is 6.54 Å². The minimum absolute atomic E-state index is 0.0494. The van der Waals surface area contributed by atoms with Gasteiger partial charge in [-0.1, -0.05) is 40.2 Å². The van der Waals surface area contributed by atoms with Crippen LogP contribution in [-0.4, -0.2) is 18.5 Å². The number of hydrogen-bond donors (Lipinski definition) is 2. The number of ether oxygens (including phenoxy) is 1. The first-order valence-electron chi connectivity index (χ1n) is 9.14. The van der Waals surface area contributed by atoms with Gasteiger partial charge in [0, 0.05) is 11.0 Å². The molecule has 0 aromatic heterocycles. The molecule has 0 aliphatic heterocycles. The zero-order valence-corrected chi connectivity index (χ0v) is 16.7. The highest BCUT2D eigenvalue weighted by molar-refractivity contribution is 9.10. The Hall–Kier alpha value is -2.34. The largest absolute Gasteiger partial charge is 0.426 e. The third kappa shape index (κ3) is 5.57. The van der Waals surface area contributed by atoms with Crippen LogP contribution in [0, 0.1) is 11.8 Å². The molecule has 0 heterocycles. The summed E-state index contributed by atoms with van der Waals surface area (Å²) in [4.78, 5) is 16.5. The molecule has 4 N–H and O–H groups in total. The number of rotatable bonds is 5. The molecule has 0 saturated heterocycles. The van der Waals surface area contributed by atoms with Crippen molar-refractivity contribution in [2.45, 2.75) is 25.7 Å². The number of halogens is 1. The van der Waals surface area contributed by atoms with Gasteiger partial charge in [0.05, 0.1) is 5.92 Å². The summed E-state index contributed by atoms with van der Waals surface area (Å²) in [5.74, 6) is 0.964. The van der Waals surface area contributed by atoms with E-state index in [-0.39, 0.29) is 17.8 Å². The van der Waals surface area contributed by atoms with Crippen LogP contribution in [-0.2, 0) is 4.79 Å². The molecule has 0 bridgehead atoms. The molecule has 1 fully saturated rings. The zero-order valence-electron chi connectivity index (χ0n) is 15.1. The van der Waals surface area contributed by atoms with Crippen molar-refractivity contribution < 1.29 is 9.53 Å². The highest BCUT2D eigenvalue weighted by Crippen LogP contribution is 2.31. The summed E-state index contributed by atoms with van der Waals surface area (Å²) < 4.78 is 6.63. The quantitative estimate of drug-likeness (QED) is 0.323. The molecule has 1 saturated carbocycles. The van der Waals surface area contributed by atoms with Gasteiger partial charge >= 0.3 is 5.97 Å². The lowest BCUT2D eigenvalue weighted by molar-refractivity contribution is -0.140. The zero-order chi connectivity index (χ0) is 19.2. The summed E-state index contributed by atoms with van der Waals surface area (Å²) >= 11 is 3.44. The van der Waals surface area contributed by atoms with E-state index in [2.05, 4.69) is 20.9 Å². The smallest absolute Gasteiger partial charge is 0.314 e. The van der Waals surface area contributed by atoms with Gasteiger partial charge in [0.25, 0.3) is 0 Å². The van der Waals surface area contributed by atoms with Crippen LogP contribution in [0.4, 0.5) is 0 Å². The maximum atomic E-state index is 12.4. The molecule has 2 aromatic rings. The molecule has 142 valence electrons. The van der Waals surface area contributed by atoms with Crippen molar-refractivity contribution in [3.8, 4) is 16.9 Å². The molecule has 0 radical (unpaired) electrons. The Morgan fingerprint density at radius 1 is 0.963 bits per heavy atom. The van der Waals surface area contributed by atoms with Crippen LogP contribution in [0.1, 0.15) is 25.7 Å². The van der Waals surface area contributed by atoms with E-state index < -0.39 is 0 Å². The second kappa shape index (κ2) is 9.04. The molecule has 0 atom stereocenters. The second-order valence-electron chi connectivity index (χ2n) is 6.94. The van der Waals surface area contributed by atoms with Crippen LogP contribution < -0.4 is 16.2 Å². The number of guanidine groups is 1. The van der Waals surface area contributed by atoms with E-state index in [4.69, 9.17) is 16.2 Å². The molecule has 27 heavy (non-hydrogen) atoms. The summed E-state index contributed by atoms with van der Waals surface area (Å²) in [6.07, 6.45) is 3.53. The lowest BCUT2D eigenvalue weighted by Crippen LogP contribution is -2.28. The molecular weight excluding hydrogens is 406 g/mol. The minimum atomic E-state index is -0.147. The molecule has 1 aliphatic carbocycles. The molecule has 2 aromatic carbocycles. The van der Waals surface area contributed by atoms with Crippen LogP contribution in [0.25, 0.3) is 11.1 Å². The molecule has 3 rings (SSSR count). The number of nitrogens with zero attached hydrogens (tertiary/aromatic N) is 1. The average molecular weight is 430 g/mol. The van der Waals surface area contributed by atoms with E-state index in [0.717, 1.165) is 41.3 Å². The molecule has 0 amide bonds. The van der Waals surface area contributed by atoms with E-state index in [9.17, 15) is 4.79 Å². The van der Waals surface area contributed by atoms with Gasteiger partial charge in [-0.2, -0.15) is 0 Å². The van der Waals surface area contributed by atoms with Gasteiger partial charge in [-0.15, -0.1) is 0 Å². The van der Waals surface area contributed by atoms with Crippen molar-refractivity contribution in [1.29, 1.82) is 0 Å². The molecule has 0 unspecified atom stereocenters. The van der Waals surface area contributed by atoms with E-state index in [1.54, 1.807) is 0 Å². The third-order valence-corrected chi connectivity index (χ3v) is 5.49. The van der Waals surface area contributed by atoms with E-state index in [1.807, 2.05) is 48.5 Å². The van der Waals surface area contributed by atoms with E-state index in [1.165, 1.54) is 0 Å². The number of carbonyl (C=O) groups excluding carboxylic acids is 1. The molecule has 5 nitrogen and oxygen atoms in total. The molecule has 0 spiro atoms. The van der Waals surface area contributed by atoms with Crippen LogP contribution in [0.15, 0.2) is 58.0 Å². The Balaban J connectivity index is 1.52. The lowest BCUT2D eigenvalue weighted by atomic mass is 9.82. The number of nitrogens with two attached hydrogens (primary N) is 2. The molecule has 6 heteroatoms. The van der Waals surface area contributed by atoms with Gasteiger partial charge in [-0.25, -0.2) is 0 Å². The fraction of sp³-hybridized carbons (Fsp3) is 0.333. The van der Waals surface area contributed by atoms with Crippen molar-refractivity contribution in [3.63, 3.8) is 0 Å². The molecule has 1 aliphatic rings. The standard InChI is InChI=1S/C21H24BrN3O2/c22-18-9-5-15(6-10-18)16-7-11-19(12-8-16)27-20(26)17-3-1-14(2-4-17)13-25-21(23)24/h5-12,14,17H,1-4,13H2,(H4,23,24,25). The van der Waals surface area contributed by atoms with E-state index in [0.29, 0.717) is 18.2 Å². The fourth-order valence-electron chi connectivity index (χ4n) is 3.37. The summed E-state index contributed by atoms with van der Waals surface area (Å²) in [6, 6.07) is 15.7. The van der Waals surface area contributed by atoms with Crippen LogP contribution in [0.5, 0.6) is 5.75 Å². The SMILES string of the molecule is NC(N)=NCC1CCC(C(=O)Oc2ccc(-c3ccc(Br)cc3)cc2)CC1. The Morgan fingerprint density at radius 3 is 2.07 bits per heavy atom. The van der Waals surface area contributed by atoms with Gasteiger partial charge in [-0.3, -0.25) is 9.79 Å². The van der Waals surface area contributed by atoms with Crippen molar-refractivity contribution in [2.24, 2.45) is 28.3 Å². The van der Waals surface area contributed by atoms with Gasteiger partial charge in [0.1, 0.15) is 5.75 Å². The van der Waals surface area contributed by atoms with Crippen LogP contribution in [0.3, 0.4) is 0 Å². The van der Waals surface area contributed by atoms with Gasteiger partial charge in [-0.05, 0) is 67.0 Å². The monoisotopic (exact) mass is 429 g/mol. The number of hydrogen-bond acceptors (Lipinski definition) is 3. The van der Waals surface area contributed by atoms with Crippen molar-refractivity contribution >= 4 is 27.9 Å². The molecular formula is C21H24BrN3O2. The van der Waals surface area contributed by atoms with Crippen molar-refractivity contribution in [1.82, 2.24) is 0 Å². The summed E-state index contributed by atoms with van der Waals surface area (Å²) in [7, 11) is 0.